The number of urea groups is 1. The average Bonchev–Trinajstić information content (AvgIpc) is 2.38. The third kappa shape index (κ3) is 3.68. The molecule has 19 heavy (non-hydrogen) atoms. The second-order valence-corrected chi connectivity index (χ2v) is 4.99. The number of carbonyl (C=O) groups is 1. The molecule has 5 nitrogen and oxygen atoms in total. The van der Waals surface area contributed by atoms with Crippen LogP contribution in [0.4, 0.5) is 10.5 Å². The first-order valence-electron chi connectivity index (χ1n) is 6.59. The third-order valence-corrected chi connectivity index (χ3v) is 3.15. The number of anilines is 1. The molecule has 0 spiro atoms. The van der Waals surface area contributed by atoms with Gasteiger partial charge in [0.05, 0.1) is 12.2 Å². The van der Waals surface area contributed by atoms with Crippen LogP contribution in [0.2, 0.25) is 0 Å². The highest BCUT2D eigenvalue weighted by molar-refractivity contribution is 5.89. The van der Waals surface area contributed by atoms with Crippen LogP contribution in [-0.2, 0) is 11.3 Å². The Morgan fingerprint density at radius 2 is 1.89 bits per heavy atom. The van der Waals surface area contributed by atoms with Crippen molar-refractivity contribution in [3.8, 4) is 0 Å². The number of benzene rings is 1. The number of carbonyl (C=O) groups excluding carboxylic acids is 1. The van der Waals surface area contributed by atoms with Gasteiger partial charge in [0.1, 0.15) is 0 Å². The van der Waals surface area contributed by atoms with Crippen LogP contribution in [0.25, 0.3) is 0 Å². The summed E-state index contributed by atoms with van der Waals surface area (Å²) in [7, 11) is 0. The Morgan fingerprint density at radius 1 is 1.32 bits per heavy atom. The number of nitrogens with two attached hydrogens (primary N) is 1. The number of ether oxygens (including phenoxy) is 1. The van der Waals surface area contributed by atoms with Gasteiger partial charge < -0.3 is 20.7 Å². The first-order valence-corrected chi connectivity index (χ1v) is 6.59. The predicted octanol–water partition coefficient (Wildman–Crippen LogP) is 1.79. The maximum Gasteiger partial charge on any atom is 0.322 e. The van der Waals surface area contributed by atoms with E-state index in [1.54, 1.807) is 4.90 Å². The van der Waals surface area contributed by atoms with Crippen LogP contribution in [-0.4, -0.2) is 36.2 Å². The molecule has 0 unspecified atom stereocenters. The maximum atomic E-state index is 12.1. The fourth-order valence-corrected chi connectivity index (χ4v) is 2.27. The first kappa shape index (κ1) is 13.8. The lowest BCUT2D eigenvalue weighted by atomic mass is 10.2. The van der Waals surface area contributed by atoms with E-state index in [0.29, 0.717) is 19.6 Å². The lowest BCUT2D eigenvalue weighted by Gasteiger charge is -2.35. The molecule has 0 saturated carbocycles. The zero-order chi connectivity index (χ0) is 13.8. The summed E-state index contributed by atoms with van der Waals surface area (Å²) in [5.74, 6) is 0. The maximum absolute atomic E-state index is 12.1. The molecule has 1 aliphatic heterocycles. The van der Waals surface area contributed by atoms with Gasteiger partial charge in [-0.15, -0.1) is 0 Å². The summed E-state index contributed by atoms with van der Waals surface area (Å²) in [6.07, 6.45) is 0.156. The lowest BCUT2D eigenvalue weighted by molar-refractivity contribution is -0.0530. The smallest absolute Gasteiger partial charge is 0.322 e. The molecule has 1 aliphatic rings. The van der Waals surface area contributed by atoms with Gasteiger partial charge in [-0.1, -0.05) is 12.1 Å². The normalized spacial score (nSPS) is 23.2. The SMILES string of the molecule is C[C@@H]1CN(C(=O)Nc2ccc(CN)cc2)C[C@H](C)O1. The van der Waals surface area contributed by atoms with Crippen molar-refractivity contribution in [2.24, 2.45) is 5.73 Å². The molecule has 104 valence electrons. The van der Waals surface area contributed by atoms with Crippen molar-refractivity contribution >= 4 is 11.7 Å². The van der Waals surface area contributed by atoms with E-state index in [2.05, 4.69) is 5.32 Å². The van der Waals surface area contributed by atoms with Gasteiger partial charge in [0.2, 0.25) is 0 Å². The number of amides is 2. The van der Waals surface area contributed by atoms with E-state index in [-0.39, 0.29) is 18.2 Å². The van der Waals surface area contributed by atoms with Crippen LogP contribution in [0.15, 0.2) is 24.3 Å². The van der Waals surface area contributed by atoms with Crippen LogP contribution in [0.3, 0.4) is 0 Å². The molecule has 0 aliphatic carbocycles. The van der Waals surface area contributed by atoms with Gasteiger partial charge in [-0.3, -0.25) is 0 Å². The Morgan fingerprint density at radius 3 is 2.42 bits per heavy atom. The summed E-state index contributed by atoms with van der Waals surface area (Å²) in [5, 5.41) is 2.89. The minimum absolute atomic E-state index is 0.0779. The van der Waals surface area contributed by atoms with Gasteiger partial charge in [-0.25, -0.2) is 4.79 Å². The van der Waals surface area contributed by atoms with E-state index in [1.165, 1.54) is 0 Å². The number of nitrogens with one attached hydrogen (secondary N) is 1. The van der Waals surface area contributed by atoms with Gasteiger partial charge in [0.15, 0.2) is 0 Å². The van der Waals surface area contributed by atoms with Gasteiger partial charge >= 0.3 is 6.03 Å². The molecule has 1 fully saturated rings. The topological polar surface area (TPSA) is 67.6 Å². The van der Waals surface area contributed by atoms with E-state index in [1.807, 2.05) is 38.1 Å². The van der Waals surface area contributed by atoms with Crippen molar-refractivity contribution < 1.29 is 9.53 Å². The largest absolute Gasteiger partial charge is 0.372 e. The summed E-state index contributed by atoms with van der Waals surface area (Å²) >= 11 is 0. The monoisotopic (exact) mass is 263 g/mol. The summed E-state index contributed by atoms with van der Waals surface area (Å²) in [6.45, 7) is 5.71. The standard InChI is InChI=1S/C14H21N3O2/c1-10-8-17(9-11(2)19-10)14(18)16-13-5-3-12(7-15)4-6-13/h3-6,10-11H,7-9,15H2,1-2H3,(H,16,18)/t10-,11+. The van der Waals surface area contributed by atoms with Crippen molar-refractivity contribution in [2.45, 2.75) is 32.6 Å². The summed E-state index contributed by atoms with van der Waals surface area (Å²) in [4.78, 5) is 13.9. The van der Waals surface area contributed by atoms with Crippen molar-refractivity contribution in [2.75, 3.05) is 18.4 Å². The molecule has 1 aromatic rings. The number of nitrogens with zero attached hydrogens (tertiary/aromatic N) is 1. The fourth-order valence-electron chi connectivity index (χ4n) is 2.27. The highest BCUT2D eigenvalue weighted by Gasteiger charge is 2.25. The zero-order valence-electron chi connectivity index (χ0n) is 11.4. The van der Waals surface area contributed by atoms with Crippen LogP contribution in [0.5, 0.6) is 0 Å². The predicted molar refractivity (Wildman–Crippen MR) is 74.9 cm³/mol. The molecule has 2 atom stereocenters. The highest BCUT2D eigenvalue weighted by Crippen LogP contribution is 2.14. The lowest BCUT2D eigenvalue weighted by Crippen LogP contribution is -2.49. The molecule has 5 heteroatoms. The Kier molecular flexibility index (Phi) is 4.39. The van der Waals surface area contributed by atoms with Crippen LogP contribution >= 0.6 is 0 Å². The molecule has 3 N–H and O–H groups in total. The average molecular weight is 263 g/mol. The quantitative estimate of drug-likeness (QED) is 0.854. The van der Waals surface area contributed by atoms with Gasteiger partial charge in [-0.05, 0) is 31.5 Å². The molecule has 0 radical (unpaired) electrons. The van der Waals surface area contributed by atoms with Gasteiger partial charge in [0.25, 0.3) is 0 Å². The summed E-state index contributed by atoms with van der Waals surface area (Å²) in [5.41, 5.74) is 7.37. The van der Waals surface area contributed by atoms with Crippen LogP contribution in [0, 0.1) is 0 Å². The number of rotatable bonds is 2. The molecule has 1 saturated heterocycles. The molecular formula is C14H21N3O2. The van der Waals surface area contributed by atoms with E-state index >= 15 is 0 Å². The molecule has 0 aromatic heterocycles. The van der Waals surface area contributed by atoms with Crippen molar-refractivity contribution in [3.05, 3.63) is 29.8 Å². The molecule has 0 bridgehead atoms. The van der Waals surface area contributed by atoms with Crippen LogP contribution < -0.4 is 11.1 Å². The van der Waals surface area contributed by atoms with Crippen molar-refractivity contribution in [3.63, 3.8) is 0 Å². The Balaban J connectivity index is 1.96. The van der Waals surface area contributed by atoms with E-state index in [4.69, 9.17) is 10.5 Å². The number of hydrogen-bond acceptors (Lipinski definition) is 3. The second kappa shape index (κ2) is 6.04. The molecular weight excluding hydrogens is 242 g/mol. The molecule has 2 amide bonds. The first-order chi connectivity index (χ1) is 9.08. The number of hydrogen-bond donors (Lipinski definition) is 2. The van der Waals surface area contributed by atoms with Crippen LogP contribution in [0.1, 0.15) is 19.4 Å². The molecule has 2 rings (SSSR count). The summed E-state index contributed by atoms with van der Waals surface area (Å²) in [6, 6.07) is 7.49. The Hall–Kier alpha value is -1.59. The van der Waals surface area contributed by atoms with Gasteiger partial charge in [0, 0.05) is 25.3 Å². The molecule has 1 aromatic carbocycles. The Labute approximate surface area is 113 Å². The highest BCUT2D eigenvalue weighted by atomic mass is 16.5. The number of morpholine rings is 1. The van der Waals surface area contributed by atoms with E-state index < -0.39 is 0 Å². The fraction of sp³-hybridized carbons (Fsp3) is 0.500. The molecule has 1 heterocycles. The minimum Gasteiger partial charge on any atom is -0.372 e. The minimum atomic E-state index is -0.0810. The summed E-state index contributed by atoms with van der Waals surface area (Å²) < 4.78 is 5.61. The third-order valence-electron chi connectivity index (χ3n) is 3.15. The van der Waals surface area contributed by atoms with E-state index in [0.717, 1.165) is 11.3 Å². The van der Waals surface area contributed by atoms with E-state index in [9.17, 15) is 4.79 Å². The Bertz CT molecular complexity index is 423. The van der Waals surface area contributed by atoms with Crippen molar-refractivity contribution in [1.82, 2.24) is 4.90 Å². The second-order valence-electron chi connectivity index (χ2n) is 4.99. The van der Waals surface area contributed by atoms with Gasteiger partial charge in [-0.2, -0.15) is 0 Å². The van der Waals surface area contributed by atoms with Crippen molar-refractivity contribution in [1.29, 1.82) is 0 Å². The zero-order valence-corrected chi connectivity index (χ0v) is 11.4.